The van der Waals surface area contributed by atoms with E-state index >= 15 is 4.39 Å². The maximum absolute atomic E-state index is 15.0. The molecule has 32 heavy (non-hydrogen) atoms. The first-order valence-electron chi connectivity index (χ1n) is 13.4. The quantitative estimate of drug-likeness (QED) is 0.235. The zero-order valence-electron chi connectivity index (χ0n) is 20.4. The Balaban J connectivity index is 1.40. The molecule has 180 valence electrons. The lowest BCUT2D eigenvalue weighted by molar-refractivity contribution is 0.299. The van der Waals surface area contributed by atoms with E-state index in [9.17, 15) is 0 Å². The van der Waals surface area contributed by atoms with Crippen molar-refractivity contribution >= 4 is 11.6 Å². The lowest BCUT2D eigenvalue weighted by Crippen LogP contribution is -2.14. The highest BCUT2D eigenvalue weighted by atomic mass is 35.5. The molecule has 1 aromatic rings. The Morgan fingerprint density at radius 3 is 2.47 bits per heavy atom. The minimum absolute atomic E-state index is 0.169. The summed E-state index contributed by atoms with van der Waals surface area (Å²) in [6, 6.07) is 3.80. The van der Waals surface area contributed by atoms with E-state index in [0.717, 1.165) is 49.0 Å². The van der Waals surface area contributed by atoms with Gasteiger partial charge in [0, 0.05) is 0 Å². The van der Waals surface area contributed by atoms with Gasteiger partial charge in [-0.1, -0.05) is 75.8 Å². The van der Waals surface area contributed by atoms with Gasteiger partial charge in [0.2, 0.25) is 0 Å². The number of hydrogen-bond acceptors (Lipinski definition) is 1. The molecule has 2 saturated carbocycles. The van der Waals surface area contributed by atoms with Crippen LogP contribution in [0.1, 0.15) is 115 Å². The summed E-state index contributed by atoms with van der Waals surface area (Å²) in [6.45, 7) is 5.18. The van der Waals surface area contributed by atoms with Crippen LogP contribution in [0, 0.1) is 23.6 Å². The van der Waals surface area contributed by atoms with E-state index in [1.54, 1.807) is 0 Å². The summed E-state index contributed by atoms with van der Waals surface area (Å²) in [4.78, 5) is 0. The largest absolute Gasteiger partial charge is 0.492 e. The number of rotatable bonds is 11. The van der Waals surface area contributed by atoms with E-state index in [1.807, 2.05) is 12.1 Å². The number of benzene rings is 1. The van der Waals surface area contributed by atoms with Gasteiger partial charge in [-0.2, -0.15) is 0 Å². The summed E-state index contributed by atoms with van der Waals surface area (Å²) >= 11 is 6.34. The number of unbranched alkanes of at least 4 members (excludes halogenated alkanes) is 3. The average molecular weight is 463 g/mol. The van der Waals surface area contributed by atoms with Gasteiger partial charge < -0.3 is 4.74 Å². The van der Waals surface area contributed by atoms with Crippen molar-refractivity contribution in [1.82, 2.24) is 0 Å². The lowest BCUT2D eigenvalue weighted by atomic mass is 9.77. The van der Waals surface area contributed by atoms with Crippen LogP contribution in [-0.2, 0) is 0 Å². The van der Waals surface area contributed by atoms with Crippen LogP contribution in [-0.4, -0.2) is 6.61 Å². The molecule has 0 spiro atoms. The summed E-state index contributed by atoms with van der Waals surface area (Å²) in [6.07, 6.45) is 22.0. The van der Waals surface area contributed by atoms with Crippen molar-refractivity contribution in [3.8, 4) is 5.75 Å². The van der Waals surface area contributed by atoms with Crippen molar-refractivity contribution < 1.29 is 9.13 Å². The number of hydrogen-bond donors (Lipinski definition) is 0. The molecular formula is C29H44ClFO. The van der Waals surface area contributed by atoms with Crippen molar-refractivity contribution in [2.45, 2.75) is 110 Å². The van der Waals surface area contributed by atoms with Crippen molar-refractivity contribution in [2.24, 2.45) is 17.8 Å². The van der Waals surface area contributed by atoms with E-state index in [2.05, 4.69) is 26.0 Å². The van der Waals surface area contributed by atoms with E-state index in [1.165, 1.54) is 64.2 Å². The summed E-state index contributed by atoms with van der Waals surface area (Å²) in [5, 5.41) is 0.169. The van der Waals surface area contributed by atoms with Crippen molar-refractivity contribution in [3.05, 3.63) is 40.7 Å². The molecule has 0 aliphatic heterocycles. The second kappa shape index (κ2) is 13.6. The molecule has 0 bridgehead atoms. The van der Waals surface area contributed by atoms with Crippen LogP contribution in [0.3, 0.4) is 0 Å². The van der Waals surface area contributed by atoms with Crippen LogP contribution >= 0.6 is 11.6 Å². The van der Waals surface area contributed by atoms with Crippen LogP contribution in [0.15, 0.2) is 24.3 Å². The minimum atomic E-state index is -0.258. The molecule has 3 rings (SSSR count). The molecule has 2 aliphatic rings. The fraction of sp³-hybridized carbons (Fsp3) is 0.724. The van der Waals surface area contributed by atoms with Gasteiger partial charge in [0.15, 0.2) is 0 Å². The maximum Gasteiger partial charge on any atom is 0.149 e. The smallest absolute Gasteiger partial charge is 0.149 e. The second-order valence-corrected chi connectivity index (χ2v) is 10.8. The Hall–Kier alpha value is -1.02. The summed E-state index contributed by atoms with van der Waals surface area (Å²) in [5.41, 5.74) is 0.790. The fourth-order valence-electron chi connectivity index (χ4n) is 5.55. The topological polar surface area (TPSA) is 9.23 Å². The second-order valence-electron chi connectivity index (χ2n) is 10.4. The predicted octanol–water partition coefficient (Wildman–Crippen LogP) is 9.87. The molecule has 2 fully saturated rings. The average Bonchev–Trinajstić information content (AvgIpc) is 2.81. The molecule has 0 atom stereocenters. The Morgan fingerprint density at radius 2 is 1.75 bits per heavy atom. The third-order valence-electron chi connectivity index (χ3n) is 7.83. The highest BCUT2D eigenvalue weighted by molar-refractivity contribution is 6.32. The number of ether oxygens (including phenoxy) is 1. The minimum Gasteiger partial charge on any atom is -0.492 e. The molecule has 0 saturated heterocycles. The standard InChI is InChI=1S/C29H44ClFO/c1-3-4-5-8-21-32-27-20-19-26(29(31)28(27)30)25-17-15-24(16-18-25)10-7-6-9-23-13-11-22(2)12-14-23/h6,9,19-20,22-25H,3-5,7-8,10-18,21H2,1-2H3/b9-6+. The predicted molar refractivity (Wildman–Crippen MR) is 135 cm³/mol. The zero-order valence-corrected chi connectivity index (χ0v) is 21.1. The van der Waals surface area contributed by atoms with Crippen molar-refractivity contribution in [1.29, 1.82) is 0 Å². The lowest BCUT2D eigenvalue weighted by Gasteiger charge is -2.29. The molecule has 2 aliphatic carbocycles. The molecule has 1 aromatic carbocycles. The van der Waals surface area contributed by atoms with Crippen molar-refractivity contribution in [3.63, 3.8) is 0 Å². The highest BCUT2D eigenvalue weighted by Gasteiger charge is 2.26. The monoisotopic (exact) mass is 462 g/mol. The molecular weight excluding hydrogens is 419 g/mol. The van der Waals surface area contributed by atoms with Crippen molar-refractivity contribution in [2.75, 3.05) is 6.61 Å². The third kappa shape index (κ3) is 7.79. The molecule has 0 amide bonds. The molecule has 3 heteroatoms. The van der Waals surface area contributed by atoms with E-state index < -0.39 is 0 Å². The van der Waals surface area contributed by atoms with Gasteiger partial charge in [-0.25, -0.2) is 4.39 Å². The molecule has 0 radical (unpaired) electrons. The van der Waals surface area contributed by atoms with Crippen LogP contribution in [0.25, 0.3) is 0 Å². The molecule has 0 N–H and O–H groups in total. The SMILES string of the molecule is CCCCCCOc1ccc(C2CCC(CC/C=C/C3CCC(C)CC3)CC2)c(F)c1Cl. The number of allylic oxidation sites excluding steroid dienone is 2. The van der Waals surface area contributed by atoms with Gasteiger partial charge in [-0.05, 0) is 93.1 Å². The van der Waals surface area contributed by atoms with Crippen LogP contribution < -0.4 is 4.74 Å². The Bertz CT molecular complexity index is 699. The first-order chi connectivity index (χ1) is 15.6. The number of halogens is 2. The summed E-state index contributed by atoms with van der Waals surface area (Å²) < 4.78 is 20.8. The molecule has 0 aromatic heterocycles. The summed E-state index contributed by atoms with van der Waals surface area (Å²) in [5.74, 6) is 3.06. The maximum atomic E-state index is 15.0. The Labute approximate surface area is 201 Å². The van der Waals surface area contributed by atoms with Crippen LogP contribution in [0.5, 0.6) is 5.75 Å². The van der Waals surface area contributed by atoms with Gasteiger partial charge in [0.25, 0.3) is 0 Å². The Morgan fingerprint density at radius 1 is 1.00 bits per heavy atom. The first-order valence-corrected chi connectivity index (χ1v) is 13.7. The molecule has 0 heterocycles. The van der Waals surface area contributed by atoms with Gasteiger partial charge in [-0.3, -0.25) is 0 Å². The highest BCUT2D eigenvalue weighted by Crippen LogP contribution is 2.41. The van der Waals surface area contributed by atoms with Gasteiger partial charge in [0.05, 0.1) is 6.61 Å². The molecule has 0 unspecified atom stereocenters. The van der Waals surface area contributed by atoms with Gasteiger partial charge in [-0.15, -0.1) is 0 Å². The Kier molecular flexibility index (Phi) is 10.9. The fourth-order valence-corrected chi connectivity index (χ4v) is 5.77. The summed E-state index contributed by atoms with van der Waals surface area (Å²) in [7, 11) is 0. The normalized spacial score (nSPS) is 26.5. The first kappa shape index (κ1) is 25.6. The molecule has 1 nitrogen and oxygen atoms in total. The van der Waals surface area contributed by atoms with Gasteiger partial charge >= 0.3 is 0 Å². The third-order valence-corrected chi connectivity index (χ3v) is 8.18. The van der Waals surface area contributed by atoms with E-state index in [0.29, 0.717) is 18.3 Å². The van der Waals surface area contributed by atoms with Crippen LogP contribution in [0.2, 0.25) is 5.02 Å². The van der Waals surface area contributed by atoms with E-state index in [-0.39, 0.29) is 10.8 Å². The van der Waals surface area contributed by atoms with Gasteiger partial charge in [0.1, 0.15) is 16.6 Å². The zero-order chi connectivity index (χ0) is 22.8. The van der Waals surface area contributed by atoms with Crippen LogP contribution in [0.4, 0.5) is 4.39 Å². The van der Waals surface area contributed by atoms with E-state index in [4.69, 9.17) is 16.3 Å².